The van der Waals surface area contributed by atoms with Gasteiger partial charge < -0.3 is 13.6 Å². The molecule has 1 heterocycles. The first-order valence-electron chi connectivity index (χ1n) is 6.55. The summed E-state index contributed by atoms with van der Waals surface area (Å²) in [6.07, 6.45) is 4.13. The van der Waals surface area contributed by atoms with Crippen LogP contribution in [0.1, 0.15) is 0 Å². The highest BCUT2D eigenvalue weighted by Crippen LogP contribution is 2.57. The molecule has 5 nitrogen and oxygen atoms in total. The first-order valence-corrected chi connectivity index (χ1v) is 9.07. The Labute approximate surface area is 113 Å². The van der Waals surface area contributed by atoms with E-state index in [1.807, 2.05) is 6.55 Å². The van der Waals surface area contributed by atoms with Crippen LogP contribution in [0.5, 0.6) is 0 Å². The fourth-order valence-corrected chi connectivity index (χ4v) is 5.74. The number of carbonyl (C=O) groups excluding carboxylic acids is 2. The molecule has 3 rings (SSSR count). The average molecular weight is 282 g/mol. The second-order valence-corrected chi connectivity index (χ2v) is 9.23. The van der Waals surface area contributed by atoms with Crippen LogP contribution in [-0.4, -0.2) is 34.7 Å². The van der Waals surface area contributed by atoms with Crippen molar-refractivity contribution in [3.8, 4) is 0 Å². The molecule has 0 amide bonds. The topological polar surface area (TPSA) is 61.8 Å². The third-order valence-corrected chi connectivity index (χ3v) is 7.92. The third kappa shape index (κ3) is 1.74. The lowest BCUT2D eigenvalue weighted by molar-refractivity contribution is -0.155. The molecule has 2 fully saturated rings. The number of hydrogen-bond donors (Lipinski definition) is 0. The molecule has 0 aromatic rings. The Balaban J connectivity index is 1.84. The van der Waals surface area contributed by atoms with Crippen molar-refractivity contribution >= 4 is 20.5 Å². The van der Waals surface area contributed by atoms with Crippen molar-refractivity contribution in [2.24, 2.45) is 29.6 Å². The summed E-state index contributed by atoms with van der Waals surface area (Å²) in [6, 6.07) is 0.801. The zero-order valence-corrected chi connectivity index (χ0v) is 12.3. The fraction of sp³-hybridized carbons (Fsp3) is 0.692. The summed E-state index contributed by atoms with van der Waals surface area (Å²) in [4.78, 5) is 23.6. The largest absolute Gasteiger partial charge is 0.398 e. The van der Waals surface area contributed by atoms with Gasteiger partial charge in [-0.25, -0.2) is 0 Å². The molecule has 6 heteroatoms. The van der Waals surface area contributed by atoms with Crippen molar-refractivity contribution < 1.29 is 23.2 Å². The Bertz CT molecular complexity index is 426. The second-order valence-electron chi connectivity index (χ2n) is 5.74. The minimum atomic E-state index is -2.20. The predicted molar refractivity (Wildman–Crippen MR) is 68.1 cm³/mol. The van der Waals surface area contributed by atoms with Gasteiger partial charge in [0.15, 0.2) is 0 Å². The molecule has 104 valence electrons. The highest BCUT2D eigenvalue weighted by atomic mass is 28.4. The van der Waals surface area contributed by atoms with E-state index in [1.54, 1.807) is 14.2 Å². The van der Waals surface area contributed by atoms with Crippen molar-refractivity contribution in [2.45, 2.75) is 12.6 Å². The highest BCUT2D eigenvalue weighted by molar-refractivity contribution is 6.66. The molecule has 1 aliphatic heterocycles. The smallest absolute Gasteiger partial charge is 0.334 e. The Morgan fingerprint density at radius 2 is 1.58 bits per heavy atom. The maximum absolute atomic E-state index is 11.8. The highest BCUT2D eigenvalue weighted by Gasteiger charge is 2.63. The summed E-state index contributed by atoms with van der Waals surface area (Å²) < 4.78 is 15.8. The van der Waals surface area contributed by atoms with Gasteiger partial charge in [-0.3, -0.25) is 9.59 Å². The molecule has 0 spiro atoms. The normalized spacial score (nSPS) is 39.8. The molecule has 2 bridgehead atoms. The summed E-state index contributed by atoms with van der Waals surface area (Å²) >= 11 is 0. The summed E-state index contributed by atoms with van der Waals surface area (Å²) in [5.74, 6) is -0.787. The van der Waals surface area contributed by atoms with Crippen LogP contribution < -0.4 is 0 Å². The summed E-state index contributed by atoms with van der Waals surface area (Å²) in [5, 5.41) is 0. The van der Waals surface area contributed by atoms with E-state index in [4.69, 9.17) is 13.6 Å². The number of allylic oxidation sites excluding steroid dienone is 2. The van der Waals surface area contributed by atoms with Gasteiger partial charge in [0, 0.05) is 14.2 Å². The number of rotatable bonds is 4. The molecule has 2 aliphatic carbocycles. The van der Waals surface area contributed by atoms with Gasteiger partial charge in [-0.2, -0.15) is 0 Å². The van der Waals surface area contributed by atoms with Gasteiger partial charge in [0.2, 0.25) is 0 Å². The lowest BCUT2D eigenvalue weighted by Gasteiger charge is -2.28. The van der Waals surface area contributed by atoms with Crippen LogP contribution in [0, 0.1) is 29.6 Å². The first-order chi connectivity index (χ1) is 9.00. The zero-order chi connectivity index (χ0) is 13.8. The Morgan fingerprint density at radius 3 is 2.00 bits per heavy atom. The Kier molecular flexibility index (Phi) is 2.92. The van der Waals surface area contributed by atoms with E-state index < -0.39 is 8.56 Å². The van der Waals surface area contributed by atoms with E-state index in [2.05, 4.69) is 12.2 Å². The third-order valence-electron chi connectivity index (χ3n) is 4.98. The van der Waals surface area contributed by atoms with Gasteiger partial charge in [0.05, 0.1) is 11.8 Å². The van der Waals surface area contributed by atoms with Crippen molar-refractivity contribution in [2.75, 3.05) is 14.2 Å². The number of ether oxygens (including phenoxy) is 1. The van der Waals surface area contributed by atoms with E-state index >= 15 is 0 Å². The Hall–Kier alpha value is -0.983. The van der Waals surface area contributed by atoms with Gasteiger partial charge in [-0.05, 0) is 30.3 Å². The van der Waals surface area contributed by atoms with Crippen LogP contribution in [-0.2, 0) is 23.2 Å². The lowest BCUT2D eigenvalue weighted by Crippen LogP contribution is -2.39. The number of cyclic esters (lactones) is 2. The molecule has 4 unspecified atom stereocenters. The SMILES string of the molecule is CO[Si](C)(CC1C2C=CC1C1C(=O)OC(=O)C21)OC. The number of hydrogen-bond acceptors (Lipinski definition) is 5. The van der Waals surface area contributed by atoms with Crippen LogP contribution in [0.15, 0.2) is 12.2 Å². The van der Waals surface area contributed by atoms with Crippen molar-refractivity contribution in [1.82, 2.24) is 0 Å². The maximum Gasteiger partial charge on any atom is 0.334 e. The van der Waals surface area contributed by atoms with Gasteiger partial charge in [0.1, 0.15) is 0 Å². The van der Waals surface area contributed by atoms with Crippen LogP contribution in [0.3, 0.4) is 0 Å². The first kappa shape index (κ1) is 13.0. The van der Waals surface area contributed by atoms with E-state index in [9.17, 15) is 9.59 Å². The minimum Gasteiger partial charge on any atom is -0.398 e. The molecular weight excluding hydrogens is 264 g/mol. The Morgan fingerprint density at radius 1 is 1.11 bits per heavy atom. The molecule has 19 heavy (non-hydrogen) atoms. The number of esters is 2. The summed E-state index contributed by atoms with van der Waals surface area (Å²) in [7, 11) is 1.13. The van der Waals surface area contributed by atoms with E-state index in [-0.39, 0.29) is 41.5 Å². The molecule has 0 radical (unpaired) electrons. The van der Waals surface area contributed by atoms with E-state index in [1.165, 1.54) is 0 Å². The van der Waals surface area contributed by atoms with Crippen LogP contribution in [0.25, 0.3) is 0 Å². The molecule has 3 aliphatic rings. The summed E-state index contributed by atoms with van der Waals surface area (Å²) in [5.41, 5.74) is 0. The molecule has 1 saturated heterocycles. The number of fused-ring (bicyclic) bond motifs is 5. The van der Waals surface area contributed by atoms with E-state index in [0.717, 1.165) is 6.04 Å². The van der Waals surface area contributed by atoms with Gasteiger partial charge in [-0.15, -0.1) is 0 Å². The van der Waals surface area contributed by atoms with Crippen molar-refractivity contribution in [1.29, 1.82) is 0 Å². The molecule has 1 saturated carbocycles. The molecule has 4 atom stereocenters. The summed E-state index contributed by atoms with van der Waals surface area (Å²) in [6.45, 7) is 2.01. The predicted octanol–water partition coefficient (Wildman–Crippen LogP) is 1.10. The molecule has 0 N–H and O–H groups in total. The minimum absolute atomic E-state index is 0.103. The van der Waals surface area contributed by atoms with Gasteiger partial charge in [0.25, 0.3) is 0 Å². The number of carbonyl (C=O) groups is 2. The van der Waals surface area contributed by atoms with Crippen molar-refractivity contribution in [3.63, 3.8) is 0 Å². The second kappa shape index (κ2) is 4.26. The van der Waals surface area contributed by atoms with Gasteiger partial charge >= 0.3 is 20.5 Å². The maximum atomic E-state index is 11.8. The molecule has 0 aromatic carbocycles. The zero-order valence-electron chi connectivity index (χ0n) is 11.3. The average Bonchev–Trinajstić information content (AvgIpc) is 3.02. The lowest BCUT2D eigenvalue weighted by atomic mass is 9.85. The quantitative estimate of drug-likeness (QED) is 0.334. The van der Waals surface area contributed by atoms with Crippen LogP contribution in [0.2, 0.25) is 12.6 Å². The van der Waals surface area contributed by atoms with Crippen molar-refractivity contribution in [3.05, 3.63) is 12.2 Å². The fourth-order valence-electron chi connectivity index (χ4n) is 3.84. The van der Waals surface area contributed by atoms with Crippen LogP contribution in [0.4, 0.5) is 0 Å². The van der Waals surface area contributed by atoms with Crippen LogP contribution >= 0.6 is 0 Å². The van der Waals surface area contributed by atoms with E-state index in [0.29, 0.717) is 0 Å². The van der Waals surface area contributed by atoms with Gasteiger partial charge in [-0.1, -0.05) is 12.2 Å². The molecular formula is C13H18O5Si. The standard InChI is InChI=1S/C13H18O5Si/c1-16-19(3,17-2)6-9-7-4-5-8(9)11-10(7)12(14)18-13(11)15/h4-5,7-11H,6H2,1-3H3. The monoisotopic (exact) mass is 282 g/mol. The molecule has 0 aromatic heterocycles.